The van der Waals surface area contributed by atoms with Crippen LogP contribution in [0.3, 0.4) is 0 Å². The van der Waals surface area contributed by atoms with E-state index in [1.165, 1.54) is 0 Å². The molecule has 5 heteroatoms. The van der Waals surface area contributed by atoms with E-state index in [9.17, 15) is 4.79 Å². The molecule has 0 bridgehead atoms. The van der Waals surface area contributed by atoms with Crippen molar-refractivity contribution in [3.63, 3.8) is 0 Å². The number of thiocarbonyl (C=S) groups is 1. The van der Waals surface area contributed by atoms with Gasteiger partial charge >= 0.3 is 0 Å². The van der Waals surface area contributed by atoms with Crippen LogP contribution in [0.5, 0.6) is 0 Å². The predicted octanol–water partition coefficient (Wildman–Crippen LogP) is 0.690. The molecule has 2 N–H and O–H groups in total. The highest BCUT2D eigenvalue weighted by Gasteiger charge is 2.32. The molecule has 0 aromatic heterocycles. The third-order valence-electron chi connectivity index (χ3n) is 2.83. The van der Waals surface area contributed by atoms with Gasteiger partial charge in [0.2, 0.25) is 5.91 Å². The number of nitrogens with zero attached hydrogens (tertiary/aromatic N) is 1. The van der Waals surface area contributed by atoms with Gasteiger partial charge in [0.15, 0.2) is 0 Å². The number of carbonyl (C=O) groups is 1. The van der Waals surface area contributed by atoms with Gasteiger partial charge in [0.25, 0.3) is 0 Å². The predicted molar refractivity (Wildman–Crippen MR) is 62.6 cm³/mol. The van der Waals surface area contributed by atoms with Gasteiger partial charge in [-0.1, -0.05) is 12.2 Å². The first-order valence-electron chi connectivity index (χ1n) is 5.08. The fraction of sp³-hybridized carbons (Fsp3) is 0.800. The van der Waals surface area contributed by atoms with Gasteiger partial charge in [-0.3, -0.25) is 4.79 Å². The smallest absolute Gasteiger partial charge is 0.229 e. The molecule has 1 atom stereocenters. The fourth-order valence-electron chi connectivity index (χ4n) is 1.85. The van der Waals surface area contributed by atoms with Gasteiger partial charge in [-0.2, -0.15) is 0 Å². The zero-order valence-corrected chi connectivity index (χ0v) is 10.1. The van der Waals surface area contributed by atoms with E-state index in [2.05, 4.69) is 0 Å². The maximum absolute atomic E-state index is 11.7. The number of ether oxygens (including phenoxy) is 1. The highest BCUT2D eigenvalue weighted by molar-refractivity contribution is 7.80. The van der Waals surface area contributed by atoms with Crippen LogP contribution in [0.15, 0.2) is 0 Å². The fourth-order valence-corrected chi connectivity index (χ4v) is 1.97. The van der Waals surface area contributed by atoms with Crippen molar-refractivity contribution in [2.45, 2.75) is 31.8 Å². The molecule has 1 heterocycles. The number of likely N-dealkylation sites (tertiary alicyclic amines) is 1. The van der Waals surface area contributed by atoms with Gasteiger partial charge in [-0.15, -0.1) is 0 Å². The van der Waals surface area contributed by atoms with E-state index in [-0.39, 0.29) is 22.9 Å². The normalized spacial score (nSPS) is 26.4. The molecule has 1 rings (SSSR count). The average Bonchev–Trinajstić information content (AvgIpc) is 2.17. The first-order chi connectivity index (χ1) is 6.97. The van der Waals surface area contributed by atoms with Crippen LogP contribution in [0.4, 0.5) is 0 Å². The summed E-state index contributed by atoms with van der Waals surface area (Å²) in [6.07, 6.45) is 2.11. The van der Waals surface area contributed by atoms with Crippen molar-refractivity contribution < 1.29 is 9.53 Å². The second kappa shape index (κ2) is 4.90. The van der Waals surface area contributed by atoms with Gasteiger partial charge in [0, 0.05) is 20.2 Å². The first-order valence-corrected chi connectivity index (χ1v) is 5.49. The molecule has 1 fully saturated rings. The zero-order chi connectivity index (χ0) is 11.5. The van der Waals surface area contributed by atoms with Crippen LogP contribution in [0.25, 0.3) is 0 Å². The van der Waals surface area contributed by atoms with Crippen molar-refractivity contribution in [3.05, 3.63) is 0 Å². The maximum atomic E-state index is 11.7. The van der Waals surface area contributed by atoms with Crippen molar-refractivity contribution in [2.24, 2.45) is 5.73 Å². The third-order valence-corrected chi connectivity index (χ3v) is 2.97. The molecule has 1 saturated heterocycles. The molecule has 0 saturated carbocycles. The van der Waals surface area contributed by atoms with Crippen molar-refractivity contribution in [1.29, 1.82) is 0 Å². The van der Waals surface area contributed by atoms with Gasteiger partial charge in [-0.25, -0.2) is 0 Å². The summed E-state index contributed by atoms with van der Waals surface area (Å²) in [7, 11) is 1.68. The van der Waals surface area contributed by atoms with Gasteiger partial charge < -0.3 is 15.4 Å². The second-order valence-corrected chi connectivity index (χ2v) is 4.74. The number of hydrogen-bond acceptors (Lipinski definition) is 3. The third kappa shape index (κ3) is 3.43. The lowest BCUT2D eigenvalue weighted by molar-refractivity contribution is -0.137. The van der Waals surface area contributed by atoms with E-state index in [0.29, 0.717) is 6.54 Å². The summed E-state index contributed by atoms with van der Waals surface area (Å²) in [5, 5.41) is 0. The van der Waals surface area contributed by atoms with E-state index in [0.717, 1.165) is 19.4 Å². The Morgan fingerprint density at radius 1 is 1.67 bits per heavy atom. The van der Waals surface area contributed by atoms with E-state index in [1.54, 1.807) is 12.0 Å². The first kappa shape index (κ1) is 12.4. The molecule has 4 nitrogen and oxygen atoms in total. The summed E-state index contributed by atoms with van der Waals surface area (Å²) in [6, 6.07) is 0. The highest BCUT2D eigenvalue weighted by atomic mass is 32.1. The lowest BCUT2D eigenvalue weighted by Gasteiger charge is -2.39. The largest absolute Gasteiger partial charge is 0.393 e. The van der Waals surface area contributed by atoms with Crippen LogP contribution in [-0.2, 0) is 9.53 Å². The number of methoxy groups -OCH3 is 1. The number of hydrogen-bond donors (Lipinski definition) is 1. The Hall–Kier alpha value is -0.680. The summed E-state index contributed by atoms with van der Waals surface area (Å²) in [5.74, 6) is 0.00507. The number of piperidine rings is 1. The number of nitrogens with two attached hydrogens (primary N) is 1. The summed E-state index contributed by atoms with van der Waals surface area (Å²) in [5.41, 5.74) is 5.13. The minimum absolute atomic E-state index is 0.00507. The van der Waals surface area contributed by atoms with Crippen LogP contribution < -0.4 is 5.73 Å². The lowest BCUT2D eigenvalue weighted by atomic mass is 9.94. The van der Waals surface area contributed by atoms with Crippen LogP contribution in [0.1, 0.15) is 26.2 Å². The number of carbonyl (C=O) groups excluding carboxylic acids is 1. The molecule has 15 heavy (non-hydrogen) atoms. The van der Waals surface area contributed by atoms with E-state index >= 15 is 0 Å². The van der Waals surface area contributed by atoms with Crippen molar-refractivity contribution in [3.8, 4) is 0 Å². The Balaban J connectivity index is 2.56. The summed E-state index contributed by atoms with van der Waals surface area (Å²) >= 11 is 4.73. The van der Waals surface area contributed by atoms with Crippen LogP contribution in [0.2, 0.25) is 0 Å². The molecule has 1 amide bonds. The topological polar surface area (TPSA) is 55.6 Å². The minimum atomic E-state index is -0.218. The van der Waals surface area contributed by atoms with E-state index in [4.69, 9.17) is 22.7 Å². The molecule has 0 aromatic rings. The minimum Gasteiger partial charge on any atom is -0.393 e. The summed E-state index contributed by atoms with van der Waals surface area (Å²) in [6.45, 7) is 3.43. The molecule has 86 valence electrons. The molecule has 0 spiro atoms. The monoisotopic (exact) mass is 230 g/mol. The van der Waals surface area contributed by atoms with Gasteiger partial charge in [0.05, 0.1) is 17.0 Å². The van der Waals surface area contributed by atoms with Crippen molar-refractivity contribution >= 4 is 23.1 Å². The lowest BCUT2D eigenvalue weighted by Crippen LogP contribution is -2.50. The molecule has 1 aliphatic rings. The second-order valence-electron chi connectivity index (χ2n) is 4.22. The summed E-state index contributed by atoms with van der Waals surface area (Å²) < 4.78 is 5.41. The Morgan fingerprint density at radius 2 is 2.33 bits per heavy atom. The maximum Gasteiger partial charge on any atom is 0.229 e. The molecule has 0 aliphatic carbocycles. The Morgan fingerprint density at radius 3 is 2.87 bits per heavy atom. The summed E-state index contributed by atoms with van der Waals surface area (Å²) in [4.78, 5) is 13.8. The average molecular weight is 230 g/mol. The standard InChI is InChI=1S/C10H18N2O2S/c1-10(14-2)4-3-5-12(7-10)9(13)6-8(11)15/h3-7H2,1-2H3,(H2,11,15). The molecule has 1 unspecified atom stereocenters. The van der Waals surface area contributed by atoms with Crippen LogP contribution in [0, 0.1) is 0 Å². The molecule has 0 aromatic carbocycles. The molecule has 0 radical (unpaired) electrons. The van der Waals surface area contributed by atoms with Crippen LogP contribution in [-0.4, -0.2) is 41.6 Å². The molecule has 1 aliphatic heterocycles. The Labute approximate surface area is 95.8 Å². The van der Waals surface area contributed by atoms with Crippen molar-refractivity contribution in [2.75, 3.05) is 20.2 Å². The SMILES string of the molecule is COC1(C)CCCN(C(=O)CC(N)=S)C1. The molecular weight excluding hydrogens is 212 g/mol. The van der Waals surface area contributed by atoms with Gasteiger partial charge in [0.1, 0.15) is 0 Å². The number of amides is 1. The Bertz CT molecular complexity index is 270. The van der Waals surface area contributed by atoms with E-state index < -0.39 is 0 Å². The van der Waals surface area contributed by atoms with Crippen LogP contribution >= 0.6 is 12.2 Å². The van der Waals surface area contributed by atoms with Crippen molar-refractivity contribution in [1.82, 2.24) is 4.90 Å². The number of rotatable bonds is 3. The quantitative estimate of drug-likeness (QED) is 0.725. The zero-order valence-electron chi connectivity index (χ0n) is 9.28. The van der Waals surface area contributed by atoms with Gasteiger partial charge in [-0.05, 0) is 19.8 Å². The highest BCUT2D eigenvalue weighted by Crippen LogP contribution is 2.24. The van der Waals surface area contributed by atoms with E-state index in [1.807, 2.05) is 6.92 Å². The Kier molecular flexibility index (Phi) is 4.04. The molecular formula is C10H18N2O2S.